The quantitative estimate of drug-likeness (QED) is 0.0436. The zero-order valence-corrected chi connectivity index (χ0v) is 34.4. The summed E-state index contributed by atoms with van der Waals surface area (Å²) in [5.41, 5.74) is 0. The Morgan fingerprint density at radius 2 is 0.681 bits per heavy atom. The zero-order valence-electron chi connectivity index (χ0n) is 32.1. The average Bonchev–Trinajstić information content (AvgIpc) is 3.08. The van der Waals surface area contributed by atoms with E-state index in [4.69, 9.17) is 34.8 Å². The molecule has 0 saturated heterocycles. The number of alkyl halides is 3. The monoisotopic (exact) mass is 719 g/mol. The molecule has 0 aromatic carbocycles. The highest BCUT2D eigenvalue weighted by Crippen LogP contribution is 2.14. The molecule has 0 saturated carbocycles. The van der Waals surface area contributed by atoms with Gasteiger partial charge in [-0.1, -0.05) is 204 Å². The van der Waals surface area contributed by atoms with E-state index in [2.05, 4.69) is 54.8 Å². The van der Waals surface area contributed by atoms with Gasteiger partial charge in [0.25, 0.3) is 0 Å². The van der Waals surface area contributed by atoms with Crippen molar-refractivity contribution in [1.29, 1.82) is 0 Å². The molecule has 0 heterocycles. The van der Waals surface area contributed by atoms with Crippen LogP contribution in [-0.2, 0) is 0 Å². The Labute approximate surface area is 312 Å². The second-order valence-corrected chi connectivity index (χ2v) is 13.9. The normalized spacial score (nSPS) is 10.3. The predicted molar refractivity (Wildman–Crippen MR) is 220 cm³/mol. The number of unbranched alkanes of at least 4 members (excludes halogenated alkanes) is 26. The van der Waals surface area contributed by atoms with Crippen LogP contribution < -0.4 is 5.32 Å². The van der Waals surface area contributed by atoms with Gasteiger partial charge in [-0.15, -0.1) is 34.8 Å². The van der Waals surface area contributed by atoms with Gasteiger partial charge in [-0.2, -0.15) is 0 Å². The molecule has 2 nitrogen and oxygen atoms in total. The van der Waals surface area contributed by atoms with E-state index in [1.54, 1.807) is 0 Å². The summed E-state index contributed by atoms with van der Waals surface area (Å²) in [6.45, 7) is 7.78. The molecular weight excluding hydrogens is 639 g/mol. The summed E-state index contributed by atoms with van der Waals surface area (Å²) < 4.78 is 0. The average molecular weight is 720 g/mol. The Bertz CT molecular complexity index is 626. The second kappa shape index (κ2) is 52.7. The van der Waals surface area contributed by atoms with E-state index in [9.17, 15) is 0 Å². The Morgan fingerprint density at radius 1 is 0.404 bits per heavy atom. The molecule has 0 amide bonds. The molecule has 0 aliphatic carbocycles. The Balaban J connectivity index is -0.000000715. The topological polar surface area (TPSA) is 15.3 Å². The van der Waals surface area contributed by atoms with E-state index in [1.165, 1.54) is 186 Å². The molecule has 1 N–H and O–H groups in total. The van der Waals surface area contributed by atoms with Crippen LogP contribution in [-0.4, -0.2) is 56.3 Å². The molecule has 0 atom stereocenters. The number of nitrogens with one attached hydrogen (secondary N) is 1. The maximum Gasteiger partial charge on any atom is 0.0835 e. The summed E-state index contributed by atoms with van der Waals surface area (Å²) in [6.07, 6.45) is 40.2. The Hall–Kier alpha value is -0.0900. The van der Waals surface area contributed by atoms with Gasteiger partial charge in [0.1, 0.15) is 0 Å². The third-order valence-electron chi connectivity index (χ3n) is 8.47. The van der Waals surface area contributed by atoms with Gasteiger partial charge >= 0.3 is 0 Å². The number of hydrogen-bond donors (Lipinski definition) is 1. The maximum absolute atomic E-state index is 5.53. The minimum atomic E-state index is 0.382. The standard InChI is InChI=1S/C21H40ClN.C17H37N.C4H4Cl2/c1-3-4-5-6-7-8-9-10-11-12-13-14-15-17-20-23(2)21-18-16-19-22;1-3-4-5-6-7-8-9-10-11-12-13-14-15-16-17-18-2;5-3-1-2-4-6/h3-15,17,19-21H2,1-2H3;18H,3-17H2,1-2H3;3-4H2. The van der Waals surface area contributed by atoms with Crippen molar-refractivity contribution in [2.45, 2.75) is 194 Å². The lowest BCUT2D eigenvalue weighted by Gasteiger charge is -2.12. The lowest BCUT2D eigenvalue weighted by Crippen LogP contribution is -2.19. The van der Waals surface area contributed by atoms with Crippen molar-refractivity contribution < 1.29 is 0 Å². The van der Waals surface area contributed by atoms with Crippen LogP contribution in [0.25, 0.3) is 0 Å². The van der Waals surface area contributed by atoms with Crippen molar-refractivity contribution in [3.05, 3.63) is 0 Å². The SMILES string of the molecule is CCCCCCCCCCCCCCCCN(C)CC#CCCl.CCCCCCCCCCCCCCCCNC.ClCC#CCCl. The molecule has 0 aromatic heterocycles. The number of rotatable bonds is 31. The first kappa shape index (κ1) is 51.3. The molecule has 0 aliphatic rings. The van der Waals surface area contributed by atoms with Crippen LogP contribution >= 0.6 is 34.8 Å². The summed E-state index contributed by atoms with van der Waals surface area (Å²) in [5, 5.41) is 3.21. The summed E-state index contributed by atoms with van der Waals surface area (Å²) in [5.74, 6) is 12.4. The molecule has 5 heteroatoms. The lowest BCUT2D eigenvalue weighted by atomic mass is 10.0. The van der Waals surface area contributed by atoms with Gasteiger partial charge in [-0.3, -0.25) is 4.90 Å². The number of halogens is 3. The van der Waals surface area contributed by atoms with Crippen LogP contribution in [0.15, 0.2) is 0 Å². The highest BCUT2D eigenvalue weighted by molar-refractivity contribution is 6.20. The highest BCUT2D eigenvalue weighted by Gasteiger charge is 1.97. The summed E-state index contributed by atoms with van der Waals surface area (Å²) in [7, 11) is 4.19. The fraction of sp³-hybridized carbons (Fsp3) is 0.905. The van der Waals surface area contributed by atoms with Gasteiger partial charge in [0.2, 0.25) is 0 Å². The van der Waals surface area contributed by atoms with Gasteiger partial charge in [-0.25, -0.2) is 0 Å². The smallest absolute Gasteiger partial charge is 0.0835 e. The molecule has 0 aliphatic heterocycles. The Kier molecular flexibility index (Phi) is 57.5. The van der Waals surface area contributed by atoms with Gasteiger partial charge in [0.05, 0.1) is 24.2 Å². The van der Waals surface area contributed by atoms with Gasteiger partial charge in [-0.05, 0) is 40.0 Å². The minimum absolute atomic E-state index is 0.382. The van der Waals surface area contributed by atoms with Crippen molar-refractivity contribution in [2.75, 3.05) is 51.4 Å². The molecular formula is C42H81Cl3N2. The Morgan fingerprint density at radius 3 is 0.979 bits per heavy atom. The van der Waals surface area contributed by atoms with Gasteiger partial charge in [0, 0.05) is 0 Å². The first-order valence-electron chi connectivity index (χ1n) is 20.1. The van der Waals surface area contributed by atoms with Crippen LogP contribution in [0.2, 0.25) is 0 Å². The second-order valence-electron chi connectivity index (χ2n) is 13.1. The van der Waals surface area contributed by atoms with Crippen molar-refractivity contribution in [3.63, 3.8) is 0 Å². The fourth-order valence-corrected chi connectivity index (χ4v) is 5.77. The van der Waals surface area contributed by atoms with Crippen molar-refractivity contribution in [3.8, 4) is 23.7 Å². The molecule has 47 heavy (non-hydrogen) atoms. The molecule has 0 rings (SSSR count). The molecule has 0 radical (unpaired) electrons. The lowest BCUT2D eigenvalue weighted by molar-refractivity contribution is 0.360. The van der Waals surface area contributed by atoms with Crippen LogP contribution in [0.1, 0.15) is 194 Å². The van der Waals surface area contributed by atoms with E-state index in [0.717, 1.165) is 13.1 Å². The van der Waals surface area contributed by atoms with E-state index in [0.29, 0.717) is 17.6 Å². The third-order valence-corrected chi connectivity index (χ3v) is 8.87. The molecule has 0 spiro atoms. The van der Waals surface area contributed by atoms with Crippen molar-refractivity contribution in [2.24, 2.45) is 0 Å². The molecule has 0 fully saturated rings. The third kappa shape index (κ3) is 58.5. The first-order valence-corrected chi connectivity index (χ1v) is 21.7. The van der Waals surface area contributed by atoms with E-state index in [1.807, 2.05) is 7.05 Å². The fourth-order valence-electron chi connectivity index (χ4n) is 5.48. The van der Waals surface area contributed by atoms with Crippen LogP contribution in [0.5, 0.6) is 0 Å². The predicted octanol–water partition coefficient (Wildman–Crippen LogP) is 13.8. The molecule has 0 bridgehead atoms. The summed E-state index contributed by atoms with van der Waals surface area (Å²) in [4.78, 5) is 2.29. The largest absolute Gasteiger partial charge is 0.320 e. The highest BCUT2D eigenvalue weighted by atomic mass is 35.5. The number of nitrogens with zero attached hydrogens (tertiary/aromatic N) is 1. The molecule has 0 aromatic rings. The first-order chi connectivity index (χ1) is 23.1. The van der Waals surface area contributed by atoms with Crippen LogP contribution in [0, 0.1) is 23.7 Å². The molecule has 280 valence electrons. The molecule has 0 unspecified atom stereocenters. The van der Waals surface area contributed by atoms with E-state index in [-0.39, 0.29) is 0 Å². The van der Waals surface area contributed by atoms with Gasteiger partial charge < -0.3 is 5.32 Å². The number of hydrogen-bond acceptors (Lipinski definition) is 2. The van der Waals surface area contributed by atoms with Crippen LogP contribution in [0.4, 0.5) is 0 Å². The van der Waals surface area contributed by atoms with Crippen molar-refractivity contribution in [1.82, 2.24) is 10.2 Å². The van der Waals surface area contributed by atoms with E-state index < -0.39 is 0 Å². The maximum atomic E-state index is 5.53. The summed E-state index contributed by atoms with van der Waals surface area (Å²) in [6, 6.07) is 0. The van der Waals surface area contributed by atoms with Crippen LogP contribution in [0.3, 0.4) is 0 Å². The minimum Gasteiger partial charge on any atom is -0.320 e. The van der Waals surface area contributed by atoms with Crippen molar-refractivity contribution >= 4 is 34.8 Å². The van der Waals surface area contributed by atoms with E-state index >= 15 is 0 Å². The zero-order chi connectivity index (χ0) is 35.2. The van der Waals surface area contributed by atoms with Gasteiger partial charge in [0.15, 0.2) is 0 Å². The summed E-state index contributed by atoms with van der Waals surface area (Å²) >= 11 is 15.8.